The molecule has 44 heavy (non-hydrogen) atoms. The molecule has 0 spiro atoms. The third-order valence-electron chi connectivity index (χ3n) is 8.29. The Bertz CT molecular complexity index is 2180. The maximum Gasteiger partial charge on any atom is 0.136 e. The summed E-state index contributed by atoms with van der Waals surface area (Å²) in [5.74, 6) is 0. The zero-order valence-electron chi connectivity index (χ0n) is 24.1. The first-order valence-electron chi connectivity index (χ1n) is 14.9. The minimum Gasteiger partial charge on any atom is -0.456 e. The second-order valence-corrected chi connectivity index (χ2v) is 11.0. The van der Waals surface area contributed by atoms with Crippen molar-refractivity contribution in [2.75, 3.05) is 4.90 Å². The molecule has 0 amide bonds. The van der Waals surface area contributed by atoms with Crippen molar-refractivity contribution in [2.24, 2.45) is 0 Å². The molecule has 0 N–H and O–H groups in total. The molecule has 0 aliphatic rings. The van der Waals surface area contributed by atoms with E-state index in [0.29, 0.717) is 0 Å². The van der Waals surface area contributed by atoms with Gasteiger partial charge in [-0.2, -0.15) is 0 Å². The Morgan fingerprint density at radius 1 is 0.295 bits per heavy atom. The second kappa shape index (κ2) is 11.1. The lowest BCUT2D eigenvalue weighted by atomic mass is 10.0. The third kappa shape index (κ3) is 4.83. The van der Waals surface area contributed by atoms with Crippen molar-refractivity contribution in [1.29, 1.82) is 0 Å². The number of fused-ring (bicyclic) bond motifs is 3. The molecule has 2 heteroatoms. The van der Waals surface area contributed by atoms with E-state index in [1.54, 1.807) is 0 Å². The predicted molar refractivity (Wildman–Crippen MR) is 185 cm³/mol. The number of nitrogens with zero attached hydrogens (tertiary/aromatic N) is 1. The summed E-state index contributed by atoms with van der Waals surface area (Å²) in [6.45, 7) is 0. The van der Waals surface area contributed by atoms with Crippen molar-refractivity contribution in [3.8, 4) is 33.4 Å². The van der Waals surface area contributed by atoms with Gasteiger partial charge in [-0.25, -0.2) is 0 Å². The van der Waals surface area contributed by atoms with Crippen molar-refractivity contribution in [3.63, 3.8) is 0 Å². The van der Waals surface area contributed by atoms with Crippen LogP contribution in [-0.4, -0.2) is 0 Å². The summed E-state index contributed by atoms with van der Waals surface area (Å²) >= 11 is 0. The van der Waals surface area contributed by atoms with E-state index in [4.69, 9.17) is 4.42 Å². The normalized spacial score (nSPS) is 11.2. The minimum atomic E-state index is 0.899. The van der Waals surface area contributed by atoms with E-state index >= 15 is 0 Å². The van der Waals surface area contributed by atoms with Gasteiger partial charge < -0.3 is 9.32 Å². The molecule has 8 aromatic rings. The second-order valence-electron chi connectivity index (χ2n) is 11.0. The molecule has 0 aliphatic carbocycles. The largest absolute Gasteiger partial charge is 0.456 e. The van der Waals surface area contributed by atoms with Crippen molar-refractivity contribution in [2.45, 2.75) is 0 Å². The fourth-order valence-electron chi connectivity index (χ4n) is 6.03. The Balaban J connectivity index is 1.12. The quantitative estimate of drug-likeness (QED) is 0.200. The molecular formula is C42H29NO. The van der Waals surface area contributed by atoms with Gasteiger partial charge in [-0.15, -0.1) is 0 Å². The number of benzene rings is 7. The molecule has 7 aromatic carbocycles. The molecule has 0 aliphatic heterocycles. The van der Waals surface area contributed by atoms with Gasteiger partial charge >= 0.3 is 0 Å². The highest BCUT2D eigenvalue weighted by molar-refractivity contribution is 6.07. The van der Waals surface area contributed by atoms with Gasteiger partial charge in [-0.1, -0.05) is 115 Å². The van der Waals surface area contributed by atoms with Crippen LogP contribution in [-0.2, 0) is 0 Å². The summed E-state index contributed by atoms with van der Waals surface area (Å²) in [4.78, 5) is 2.30. The number of para-hydroxylation sites is 1. The van der Waals surface area contributed by atoms with Crippen molar-refractivity contribution >= 4 is 39.0 Å². The maximum atomic E-state index is 6.39. The van der Waals surface area contributed by atoms with Crippen LogP contribution in [0.2, 0.25) is 0 Å². The van der Waals surface area contributed by atoms with Crippen LogP contribution in [0.4, 0.5) is 17.1 Å². The van der Waals surface area contributed by atoms with Gasteiger partial charge in [0.15, 0.2) is 0 Å². The SMILES string of the molecule is c1ccc(-c2ccc(N(c3ccccc3)c3ccc(-c4ccc5c(c4)oc4cc(-c6ccccc6)ccc45)cc3)cc2)cc1. The lowest BCUT2D eigenvalue weighted by molar-refractivity contribution is 0.669. The van der Waals surface area contributed by atoms with Gasteiger partial charge in [0.2, 0.25) is 0 Å². The van der Waals surface area contributed by atoms with Crippen molar-refractivity contribution in [3.05, 3.63) is 176 Å². The van der Waals surface area contributed by atoms with E-state index in [1.165, 1.54) is 16.7 Å². The number of rotatable bonds is 6. The average Bonchev–Trinajstić information content (AvgIpc) is 3.47. The van der Waals surface area contributed by atoms with E-state index in [1.807, 2.05) is 6.07 Å². The molecule has 0 fully saturated rings. The lowest BCUT2D eigenvalue weighted by Gasteiger charge is -2.26. The molecule has 0 radical (unpaired) electrons. The standard InChI is InChI=1S/C42H29NO/c1-4-10-30(11-5-1)32-16-22-37(23-17-32)43(36-14-8-3-9-15-36)38-24-18-33(19-25-38)35-21-27-40-39-26-20-34(31-12-6-2-7-13-31)28-41(39)44-42(40)29-35/h1-29H. The molecular weight excluding hydrogens is 534 g/mol. The molecule has 208 valence electrons. The van der Waals surface area contributed by atoms with Crippen LogP contribution in [0.3, 0.4) is 0 Å². The zero-order valence-corrected chi connectivity index (χ0v) is 24.1. The number of anilines is 3. The van der Waals surface area contributed by atoms with Gasteiger partial charge in [0.1, 0.15) is 11.2 Å². The summed E-state index contributed by atoms with van der Waals surface area (Å²) in [7, 11) is 0. The van der Waals surface area contributed by atoms with Gasteiger partial charge in [-0.05, 0) is 94.0 Å². The van der Waals surface area contributed by atoms with Crippen molar-refractivity contribution in [1.82, 2.24) is 0 Å². The van der Waals surface area contributed by atoms with Crippen LogP contribution >= 0.6 is 0 Å². The Labute approximate surface area is 257 Å². The van der Waals surface area contributed by atoms with Gasteiger partial charge in [-0.3, -0.25) is 0 Å². The monoisotopic (exact) mass is 563 g/mol. The van der Waals surface area contributed by atoms with Crippen LogP contribution in [0.25, 0.3) is 55.3 Å². The topological polar surface area (TPSA) is 16.4 Å². The Morgan fingerprint density at radius 2 is 0.636 bits per heavy atom. The summed E-state index contributed by atoms with van der Waals surface area (Å²) < 4.78 is 6.39. The van der Waals surface area contributed by atoms with E-state index in [0.717, 1.165) is 55.7 Å². The highest BCUT2D eigenvalue weighted by atomic mass is 16.3. The zero-order chi connectivity index (χ0) is 29.3. The molecule has 0 saturated carbocycles. The van der Waals surface area contributed by atoms with E-state index in [2.05, 4.69) is 175 Å². The highest BCUT2D eigenvalue weighted by Crippen LogP contribution is 2.38. The Kier molecular flexibility index (Phi) is 6.51. The fraction of sp³-hybridized carbons (Fsp3) is 0. The first kappa shape index (κ1) is 25.8. The molecule has 0 saturated heterocycles. The Morgan fingerprint density at radius 3 is 1.11 bits per heavy atom. The highest BCUT2D eigenvalue weighted by Gasteiger charge is 2.14. The van der Waals surface area contributed by atoms with Gasteiger partial charge in [0.25, 0.3) is 0 Å². The smallest absolute Gasteiger partial charge is 0.136 e. The van der Waals surface area contributed by atoms with Crippen LogP contribution in [0.1, 0.15) is 0 Å². The van der Waals surface area contributed by atoms with E-state index < -0.39 is 0 Å². The van der Waals surface area contributed by atoms with Crippen LogP contribution in [0.5, 0.6) is 0 Å². The van der Waals surface area contributed by atoms with E-state index in [9.17, 15) is 0 Å². The molecule has 0 atom stereocenters. The first-order valence-corrected chi connectivity index (χ1v) is 14.9. The van der Waals surface area contributed by atoms with Crippen molar-refractivity contribution < 1.29 is 4.42 Å². The summed E-state index contributed by atoms with van der Waals surface area (Å²) in [5.41, 5.74) is 12.2. The van der Waals surface area contributed by atoms with Crippen LogP contribution in [0.15, 0.2) is 180 Å². The molecule has 0 unspecified atom stereocenters. The van der Waals surface area contributed by atoms with Gasteiger partial charge in [0.05, 0.1) is 0 Å². The maximum absolute atomic E-state index is 6.39. The molecule has 1 heterocycles. The fourth-order valence-corrected chi connectivity index (χ4v) is 6.03. The molecule has 0 bridgehead atoms. The van der Waals surface area contributed by atoms with Gasteiger partial charge in [0, 0.05) is 27.8 Å². The average molecular weight is 564 g/mol. The summed E-state index contributed by atoms with van der Waals surface area (Å²) in [5, 5.41) is 2.27. The predicted octanol–water partition coefficient (Wildman–Crippen LogP) is 12.1. The Hall–Kier alpha value is -5.86. The number of hydrogen-bond donors (Lipinski definition) is 0. The number of furan rings is 1. The lowest BCUT2D eigenvalue weighted by Crippen LogP contribution is -2.09. The molecule has 2 nitrogen and oxygen atoms in total. The number of hydrogen-bond acceptors (Lipinski definition) is 2. The van der Waals surface area contributed by atoms with Crippen LogP contribution in [0, 0.1) is 0 Å². The summed E-state index contributed by atoms with van der Waals surface area (Å²) in [6.07, 6.45) is 0. The van der Waals surface area contributed by atoms with E-state index in [-0.39, 0.29) is 0 Å². The molecule has 8 rings (SSSR count). The minimum absolute atomic E-state index is 0.899. The molecule has 1 aromatic heterocycles. The summed E-state index contributed by atoms with van der Waals surface area (Å²) in [6, 6.07) is 62.0. The van der Waals surface area contributed by atoms with Crippen LogP contribution < -0.4 is 4.90 Å². The third-order valence-corrected chi connectivity index (χ3v) is 8.29. The first-order chi connectivity index (χ1) is 21.8.